The number of thioether (sulfide) groups is 1. The van der Waals surface area contributed by atoms with Gasteiger partial charge >= 0.3 is 0 Å². The number of nitrogens with one attached hydrogen (secondary N) is 1. The Kier molecular flexibility index (Phi) is 8.67. The molecule has 0 radical (unpaired) electrons. The maximum absolute atomic E-state index is 13.6. The van der Waals surface area contributed by atoms with Crippen LogP contribution < -0.4 is 10.1 Å². The fraction of sp³-hybridized carbons (Fsp3) is 0.600. The molecule has 1 N–H and O–H groups in total. The molecule has 2 nitrogen and oxygen atoms in total. The lowest BCUT2D eigenvalue weighted by Gasteiger charge is -2.07. The molecule has 1 aromatic rings. The van der Waals surface area contributed by atoms with E-state index in [9.17, 15) is 4.39 Å². The summed E-state index contributed by atoms with van der Waals surface area (Å²) in [5.41, 5.74) is 0.697. The van der Waals surface area contributed by atoms with Crippen LogP contribution in [-0.2, 0) is 6.54 Å². The Morgan fingerprint density at radius 2 is 2.00 bits per heavy atom. The maximum Gasteiger partial charge on any atom is 0.131 e. The average Bonchev–Trinajstić information content (AvgIpc) is 2.43. The summed E-state index contributed by atoms with van der Waals surface area (Å²) in [5, 5.41) is 3.28. The van der Waals surface area contributed by atoms with Crippen molar-refractivity contribution in [3.05, 3.63) is 29.6 Å². The minimum absolute atomic E-state index is 0.202. The smallest absolute Gasteiger partial charge is 0.131 e. The predicted octanol–water partition coefficient (Wildman–Crippen LogP) is 3.85. The number of benzene rings is 1. The minimum atomic E-state index is -0.202. The van der Waals surface area contributed by atoms with Crippen molar-refractivity contribution in [2.45, 2.75) is 32.2 Å². The molecular weight excluding hydrogens is 261 g/mol. The molecule has 4 heteroatoms. The van der Waals surface area contributed by atoms with E-state index in [2.05, 4.69) is 11.6 Å². The van der Waals surface area contributed by atoms with Crippen molar-refractivity contribution < 1.29 is 9.13 Å². The van der Waals surface area contributed by atoms with Crippen LogP contribution in [-0.4, -0.2) is 25.7 Å². The van der Waals surface area contributed by atoms with E-state index >= 15 is 0 Å². The third-order valence-electron chi connectivity index (χ3n) is 3.03. The maximum atomic E-state index is 13.6. The second-order valence-corrected chi connectivity index (χ2v) is 5.53. The SMILES string of the molecule is COc1ccc(CNCCCCCCSC)c(F)c1. The van der Waals surface area contributed by atoms with Gasteiger partial charge in [-0.3, -0.25) is 0 Å². The molecule has 0 aliphatic heterocycles. The highest BCUT2D eigenvalue weighted by molar-refractivity contribution is 7.98. The number of ether oxygens (including phenoxy) is 1. The van der Waals surface area contributed by atoms with Crippen LogP contribution in [0.5, 0.6) is 5.75 Å². The number of halogens is 1. The van der Waals surface area contributed by atoms with Crippen molar-refractivity contribution >= 4 is 11.8 Å². The van der Waals surface area contributed by atoms with Gasteiger partial charge in [0.2, 0.25) is 0 Å². The molecule has 0 unspecified atom stereocenters. The van der Waals surface area contributed by atoms with E-state index < -0.39 is 0 Å². The van der Waals surface area contributed by atoms with Crippen molar-refractivity contribution in [1.29, 1.82) is 0 Å². The fourth-order valence-corrected chi connectivity index (χ4v) is 2.36. The van der Waals surface area contributed by atoms with Crippen LogP contribution in [0.15, 0.2) is 18.2 Å². The quantitative estimate of drug-likeness (QED) is 0.660. The second-order valence-electron chi connectivity index (χ2n) is 4.54. The molecule has 0 amide bonds. The highest BCUT2D eigenvalue weighted by atomic mass is 32.2. The van der Waals surface area contributed by atoms with Crippen LogP contribution in [0.2, 0.25) is 0 Å². The van der Waals surface area contributed by atoms with E-state index in [0.717, 1.165) is 13.0 Å². The molecule has 0 heterocycles. The van der Waals surface area contributed by atoms with E-state index in [1.807, 2.05) is 11.8 Å². The van der Waals surface area contributed by atoms with Crippen LogP contribution >= 0.6 is 11.8 Å². The largest absolute Gasteiger partial charge is 0.497 e. The molecule has 0 aliphatic rings. The molecule has 108 valence electrons. The summed E-state index contributed by atoms with van der Waals surface area (Å²) in [6, 6.07) is 5.00. The summed E-state index contributed by atoms with van der Waals surface area (Å²) >= 11 is 1.90. The number of methoxy groups -OCH3 is 1. The van der Waals surface area contributed by atoms with Gasteiger partial charge in [0.15, 0.2) is 0 Å². The van der Waals surface area contributed by atoms with Crippen LogP contribution in [0.1, 0.15) is 31.2 Å². The Bertz CT molecular complexity index is 360. The summed E-state index contributed by atoms with van der Waals surface area (Å²) in [4.78, 5) is 0. The molecule has 0 saturated carbocycles. The zero-order valence-corrected chi connectivity index (χ0v) is 12.7. The highest BCUT2D eigenvalue weighted by Crippen LogP contribution is 2.15. The Hall–Kier alpha value is -0.740. The van der Waals surface area contributed by atoms with E-state index in [4.69, 9.17) is 4.74 Å². The van der Waals surface area contributed by atoms with Gasteiger partial charge in [-0.25, -0.2) is 4.39 Å². The summed E-state index contributed by atoms with van der Waals surface area (Å²) in [5.74, 6) is 1.62. The van der Waals surface area contributed by atoms with Gasteiger partial charge in [-0.1, -0.05) is 18.9 Å². The summed E-state index contributed by atoms with van der Waals surface area (Å²) < 4.78 is 18.6. The van der Waals surface area contributed by atoms with Crippen molar-refractivity contribution in [2.24, 2.45) is 0 Å². The molecule has 0 saturated heterocycles. The van der Waals surface area contributed by atoms with E-state index in [0.29, 0.717) is 17.9 Å². The Morgan fingerprint density at radius 1 is 1.21 bits per heavy atom. The standard InChI is InChI=1S/C15H24FNOS/c1-18-14-8-7-13(15(16)11-14)12-17-9-5-3-4-6-10-19-2/h7-8,11,17H,3-6,9-10,12H2,1-2H3. The first-order chi connectivity index (χ1) is 9.27. The van der Waals surface area contributed by atoms with E-state index in [1.54, 1.807) is 19.2 Å². The third-order valence-corrected chi connectivity index (χ3v) is 3.72. The molecular formula is C15H24FNOS. The monoisotopic (exact) mass is 285 g/mol. The summed E-state index contributed by atoms with van der Waals surface area (Å²) in [6.45, 7) is 1.53. The predicted molar refractivity (Wildman–Crippen MR) is 81.5 cm³/mol. The molecule has 0 aromatic heterocycles. The topological polar surface area (TPSA) is 21.3 Å². The second kappa shape index (κ2) is 10.1. The van der Waals surface area contributed by atoms with Crippen molar-refractivity contribution in [3.63, 3.8) is 0 Å². The number of rotatable bonds is 10. The molecule has 0 spiro atoms. The molecule has 1 rings (SSSR count). The zero-order chi connectivity index (χ0) is 13.9. The third kappa shape index (κ3) is 6.83. The van der Waals surface area contributed by atoms with Gasteiger partial charge in [0, 0.05) is 18.2 Å². The Morgan fingerprint density at radius 3 is 2.68 bits per heavy atom. The van der Waals surface area contributed by atoms with Crippen LogP contribution in [0.25, 0.3) is 0 Å². The van der Waals surface area contributed by atoms with Crippen LogP contribution in [0, 0.1) is 5.82 Å². The average molecular weight is 285 g/mol. The fourth-order valence-electron chi connectivity index (χ4n) is 1.87. The van der Waals surface area contributed by atoms with Gasteiger partial charge in [-0.15, -0.1) is 0 Å². The molecule has 0 aliphatic carbocycles. The molecule has 0 bridgehead atoms. The molecule has 0 atom stereocenters. The zero-order valence-electron chi connectivity index (χ0n) is 11.9. The summed E-state index contributed by atoms with van der Waals surface area (Å²) in [7, 11) is 1.55. The lowest BCUT2D eigenvalue weighted by molar-refractivity contribution is 0.410. The van der Waals surface area contributed by atoms with E-state index in [-0.39, 0.29) is 5.82 Å². The van der Waals surface area contributed by atoms with Crippen LogP contribution in [0.3, 0.4) is 0 Å². The van der Waals surface area contributed by atoms with Crippen molar-refractivity contribution in [2.75, 3.05) is 25.7 Å². The summed E-state index contributed by atoms with van der Waals surface area (Å²) in [6.07, 6.45) is 7.14. The Balaban J connectivity index is 2.12. The molecule has 19 heavy (non-hydrogen) atoms. The number of hydrogen-bond acceptors (Lipinski definition) is 3. The normalized spacial score (nSPS) is 10.7. The first kappa shape index (κ1) is 16.3. The van der Waals surface area contributed by atoms with Gasteiger partial charge in [0.25, 0.3) is 0 Å². The van der Waals surface area contributed by atoms with Gasteiger partial charge < -0.3 is 10.1 Å². The van der Waals surface area contributed by atoms with Crippen LogP contribution in [0.4, 0.5) is 4.39 Å². The highest BCUT2D eigenvalue weighted by Gasteiger charge is 2.03. The lowest BCUT2D eigenvalue weighted by atomic mass is 10.2. The van der Waals surface area contributed by atoms with Crippen molar-refractivity contribution in [3.8, 4) is 5.75 Å². The van der Waals surface area contributed by atoms with Gasteiger partial charge in [0.05, 0.1) is 7.11 Å². The van der Waals surface area contributed by atoms with Gasteiger partial charge in [0.1, 0.15) is 11.6 Å². The number of unbranched alkanes of at least 4 members (excludes halogenated alkanes) is 3. The van der Waals surface area contributed by atoms with Gasteiger partial charge in [-0.2, -0.15) is 11.8 Å². The first-order valence-corrected chi connectivity index (χ1v) is 8.19. The molecule has 1 aromatic carbocycles. The van der Waals surface area contributed by atoms with E-state index in [1.165, 1.54) is 31.1 Å². The first-order valence-electron chi connectivity index (χ1n) is 6.80. The van der Waals surface area contributed by atoms with Crippen molar-refractivity contribution in [1.82, 2.24) is 5.32 Å². The van der Waals surface area contributed by atoms with Gasteiger partial charge in [-0.05, 0) is 37.5 Å². The molecule has 0 fully saturated rings. The number of hydrogen-bond donors (Lipinski definition) is 1. The lowest BCUT2D eigenvalue weighted by Crippen LogP contribution is -2.15. The minimum Gasteiger partial charge on any atom is -0.497 e. The Labute approximate surface area is 120 Å².